The fourth-order valence-electron chi connectivity index (χ4n) is 3.06. The van der Waals surface area contributed by atoms with Crippen molar-refractivity contribution in [2.24, 2.45) is 0 Å². The monoisotopic (exact) mass is 381 g/mol. The number of imide groups is 1. The Hall–Kier alpha value is -3.35. The zero-order chi connectivity index (χ0) is 20.5. The number of fused-ring (bicyclic) bond motifs is 1. The molecule has 0 unspecified atom stereocenters. The zero-order valence-electron chi connectivity index (χ0n) is 16.3. The number of hydrogen-bond donors (Lipinski definition) is 2. The van der Waals surface area contributed by atoms with Crippen LogP contribution in [0.15, 0.2) is 42.5 Å². The molecule has 1 heterocycles. The summed E-state index contributed by atoms with van der Waals surface area (Å²) in [6.07, 6.45) is 0. The molecule has 28 heavy (non-hydrogen) atoms. The van der Waals surface area contributed by atoms with Crippen LogP contribution in [0.3, 0.4) is 0 Å². The highest BCUT2D eigenvalue weighted by Gasteiger charge is 2.41. The van der Waals surface area contributed by atoms with E-state index >= 15 is 0 Å². The number of para-hydroxylation sites is 2. The largest absolute Gasteiger partial charge is 0.492 e. The van der Waals surface area contributed by atoms with Gasteiger partial charge in [-0.2, -0.15) is 0 Å². The lowest BCUT2D eigenvalue weighted by atomic mass is 10.1. The maximum absolute atomic E-state index is 12.7. The van der Waals surface area contributed by atoms with Crippen LogP contribution in [-0.2, 0) is 0 Å². The Kier molecular flexibility index (Phi) is 5.09. The molecule has 0 atom stereocenters. The maximum Gasteiger partial charge on any atom is 0.323 e. The van der Waals surface area contributed by atoms with E-state index in [9.17, 15) is 14.4 Å². The summed E-state index contributed by atoms with van der Waals surface area (Å²) >= 11 is 0. The van der Waals surface area contributed by atoms with Gasteiger partial charge in [-0.3, -0.25) is 14.5 Å². The number of ether oxygens (including phenoxy) is 1. The molecule has 0 spiro atoms. The van der Waals surface area contributed by atoms with E-state index in [4.69, 9.17) is 4.74 Å². The Morgan fingerprint density at radius 2 is 1.68 bits per heavy atom. The van der Waals surface area contributed by atoms with Crippen molar-refractivity contribution < 1.29 is 19.1 Å². The van der Waals surface area contributed by atoms with Gasteiger partial charge < -0.3 is 15.4 Å². The van der Waals surface area contributed by atoms with Crippen molar-refractivity contribution in [3.63, 3.8) is 0 Å². The number of benzene rings is 2. The van der Waals surface area contributed by atoms with Crippen LogP contribution in [0.2, 0.25) is 0 Å². The van der Waals surface area contributed by atoms with Gasteiger partial charge in [-0.15, -0.1) is 0 Å². The molecule has 0 aliphatic carbocycles. The van der Waals surface area contributed by atoms with E-state index in [0.29, 0.717) is 29.3 Å². The molecule has 2 aromatic carbocycles. The number of nitrogens with zero attached hydrogens (tertiary/aromatic N) is 1. The van der Waals surface area contributed by atoms with Gasteiger partial charge in [0.2, 0.25) is 0 Å². The lowest BCUT2D eigenvalue weighted by Crippen LogP contribution is -2.45. The van der Waals surface area contributed by atoms with Gasteiger partial charge in [-0.1, -0.05) is 12.1 Å². The minimum atomic E-state index is -0.624. The molecule has 0 saturated heterocycles. The quantitative estimate of drug-likeness (QED) is 0.780. The van der Waals surface area contributed by atoms with Crippen LogP contribution in [0.5, 0.6) is 5.75 Å². The van der Waals surface area contributed by atoms with E-state index in [2.05, 4.69) is 10.6 Å². The highest BCUT2D eigenvalue weighted by molar-refractivity contribution is 6.22. The summed E-state index contributed by atoms with van der Waals surface area (Å²) in [6, 6.07) is 11.3. The first kappa shape index (κ1) is 19.4. The molecule has 3 rings (SSSR count). The van der Waals surface area contributed by atoms with Gasteiger partial charge in [0, 0.05) is 11.2 Å². The fourth-order valence-corrected chi connectivity index (χ4v) is 3.06. The van der Waals surface area contributed by atoms with Crippen LogP contribution < -0.4 is 15.4 Å². The number of amides is 4. The van der Waals surface area contributed by atoms with Crippen molar-refractivity contribution in [3.8, 4) is 5.75 Å². The van der Waals surface area contributed by atoms with Crippen molar-refractivity contribution in [1.82, 2.24) is 4.90 Å². The SMILES string of the molecule is CCOc1ccccc1NC(=O)Nc1ccc2c(c1)C(=O)N(C(C)(C)C)C2=O. The highest BCUT2D eigenvalue weighted by atomic mass is 16.5. The summed E-state index contributed by atoms with van der Waals surface area (Å²) in [5.74, 6) is -0.122. The molecule has 0 radical (unpaired) electrons. The van der Waals surface area contributed by atoms with E-state index in [-0.39, 0.29) is 17.4 Å². The van der Waals surface area contributed by atoms with Gasteiger partial charge in [0.25, 0.3) is 11.8 Å². The standard InChI is InChI=1S/C21H23N3O4/c1-5-28-17-9-7-6-8-16(17)23-20(27)22-13-10-11-14-15(12-13)19(26)24(18(14)25)21(2,3)4/h6-12H,5H2,1-4H3,(H2,22,23,27). The molecule has 1 aliphatic rings. The summed E-state index contributed by atoms with van der Waals surface area (Å²) in [7, 11) is 0. The lowest BCUT2D eigenvalue weighted by molar-refractivity contribution is 0.0507. The van der Waals surface area contributed by atoms with E-state index in [1.807, 2.05) is 13.0 Å². The number of carbonyl (C=O) groups excluding carboxylic acids is 3. The molecule has 0 saturated carbocycles. The van der Waals surface area contributed by atoms with Gasteiger partial charge in [-0.05, 0) is 58.0 Å². The van der Waals surface area contributed by atoms with Crippen molar-refractivity contribution in [2.75, 3.05) is 17.2 Å². The molecular weight excluding hydrogens is 358 g/mol. The van der Waals surface area contributed by atoms with E-state index in [0.717, 1.165) is 0 Å². The second-order valence-electron chi connectivity index (χ2n) is 7.39. The number of rotatable bonds is 4. The van der Waals surface area contributed by atoms with E-state index < -0.39 is 11.6 Å². The van der Waals surface area contributed by atoms with Gasteiger partial charge >= 0.3 is 6.03 Å². The van der Waals surface area contributed by atoms with Crippen LogP contribution >= 0.6 is 0 Å². The first-order chi connectivity index (χ1) is 13.2. The number of carbonyl (C=O) groups is 3. The number of hydrogen-bond acceptors (Lipinski definition) is 4. The van der Waals surface area contributed by atoms with Crippen molar-refractivity contribution >= 4 is 29.2 Å². The number of nitrogens with one attached hydrogen (secondary N) is 2. The summed E-state index contributed by atoms with van der Waals surface area (Å²) in [4.78, 5) is 38.8. The van der Waals surface area contributed by atoms with Crippen LogP contribution in [0.25, 0.3) is 0 Å². The highest BCUT2D eigenvalue weighted by Crippen LogP contribution is 2.31. The van der Waals surface area contributed by atoms with Gasteiger partial charge in [0.15, 0.2) is 0 Å². The fraction of sp³-hybridized carbons (Fsp3) is 0.286. The molecule has 4 amide bonds. The molecule has 7 heteroatoms. The molecule has 0 aromatic heterocycles. The molecule has 0 fully saturated rings. The first-order valence-corrected chi connectivity index (χ1v) is 9.05. The third-order valence-electron chi connectivity index (χ3n) is 4.25. The van der Waals surface area contributed by atoms with Crippen LogP contribution in [0, 0.1) is 0 Å². The Balaban J connectivity index is 1.78. The Labute approximate surface area is 163 Å². The predicted molar refractivity (Wildman–Crippen MR) is 107 cm³/mol. The maximum atomic E-state index is 12.7. The predicted octanol–water partition coefficient (Wildman–Crippen LogP) is 4.12. The third kappa shape index (κ3) is 3.69. The molecule has 0 bridgehead atoms. The van der Waals surface area contributed by atoms with Gasteiger partial charge in [0.05, 0.1) is 23.4 Å². The first-order valence-electron chi connectivity index (χ1n) is 9.05. The average molecular weight is 381 g/mol. The molecule has 2 aromatic rings. The Morgan fingerprint density at radius 1 is 1.00 bits per heavy atom. The number of urea groups is 1. The number of anilines is 2. The summed E-state index contributed by atoms with van der Waals surface area (Å²) < 4.78 is 5.49. The molecule has 2 N–H and O–H groups in total. The van der Waals surface area contributed by atoms with Gasteiger partial charge in [0.1, 0.15) is 5.75 Å². The Bertz CT molecular complexity index is 947. The third-order valence-corrected chi connectivity index (χ3v) is 4.25. The normalized spacial score (nSPS) is 13.4. The van der Waals surface area contributed by atoms with Crippen LogP contribution in [0.1, 0.15) is 48.4 Å². The minimum absolute atomic E-state index is 0.285. The minimum Gasteiger partial charge on any atom is -0.492 e. The zero-order valence-corrected chi connectivity index (χ0v) is 16.3. The Morgan fingerprint density at radius 3 is 2.36 bits per heavy atom. The summed E-state index contributed by atoms with van der Waals surface area (Å²) in [5, 5.41) is 5.42. The second-order valence-corrected chi connectivity index (χ2v) is 7.39. The topological polar surface area (TPSA) is 87.7 Å². The van der Waals surface area contributed by atoms with Crippen molar-refractivity contribution in [1.29, 1.82) is 0 Å². The lowest BCUT2D eigenvalue weighted by Gasteiger charge is -2.29. The summed E-state index contributed by atoms with van der Waals surface area (Å²) in [6.45, 7) is 7.75. The van der Waals surface area contributed by atoms with Crippen molar-refractivity contribution in [2.45, 2.75) is 33.2 Å². The second kappa shape index (κ2) is 7.34. The van der Waals surface area contributed by atoms with Crippen LogP contribution in [0.4, 0.5) is 16.2 Å². The van der Waals surface area contributed by atoms with Gasteiger partial charge in [-0.25, -0.2) is 4.79 Å². The van der Waals surface area contributed by atoms with E-state index in [1.165, 1.54) is 11.0 Å². The molecule has 7 nitrogen and oxygen atoms in total. The average Bonchev–Trinajstić information content (AvgIpc) is 2.87. The van der Waals surface area contributed by atoms with Crippen molar-refractivity contribution in [3.05, 3.63) is 53.6 Å². The van der Waals surface area contributed by atoms with E-state index in [1.54, 1.807) is 51.1 Å². The molecule has 1 aliphatic heterocycles. The molecule has 146 valence electrons. The van der Waals surface area contributed by atoms with Crippen LogP contribution in [-0.4, -0.2) is 34.9 Å². The molecular formula is C21H23N3O4. The summed E-state index contributed by atoms with van der Waals surface area (Å²) in [5.41, 5.74) is 0.955. The smallest absolute Gasteiger partial charge is 0.323 e.